The van der Waals surface area contributed by atoms with Gasteiger partial charge in [0.05, 0.1) is 12.6 Å². The van der Waals surface area contributed by atoms with Crippen LogP contribution in [0.25, 0.3) is 0 Å². The molecule has 0 aromatic carbocycles. The van der Waals surface area contributed by atoms with Gasteiger partial charge in [-0.15, -0.1) is 0 Å². The second-order valence-corrected chi connectivity index (χ2v) is 10.2. The molecule has 0 saturated carbocycles. The molecule has 0 N–H and O–H groups in total. The summed E-state index contributed by atoms with van der Waals surface area (Å²) >= 11 is 0. The molecule has 0 aliphatic rings. The lowest BCUT2D eigenvalue weighted by Gasteiger charge is -2.08. The summed E-state index contributed by atoms with van der Waals surface area (Å²) in [7, 11) is 0. The van der Waals surface area contributed by atoms with Crippen molar-refractivity contribution in [2.24, 2.45) is 0 Å². The molecule has 0 unspecified atom stereocenters. The maximum absolute atomic E-state index is 2.55. The quantitative estimate of drug-likeness (QED) is 0.127. The molecule has 0 fully saturated rings. The van der Waals surface area contributed by atoms with Crippen LogP contribution in [0.1, 0.15) is 162 Å². The van der Waals surface area contributed by atoms with Gasteiger partial charge in [0.2, 0.25) is 0 Å². The molecule has 0 aliphatic heterocycles. The number of aromatic nitrogens is 2. The van der Waals surface area contributed by atoms with Crippen LogP contribution >= 0.6 is 0 Å². The Morgan fingerprint density at radius 3 is 1.48 bits per heavy atom. The summed E-state index contributed by atoms with van der Waals surface area (Å²) in [4.78, 5) is 0. The third kappa shape index (κ3) is 14.1. The molecule has 0 amide bonds. The number of imidazole rings is 1. The van der Waals surface area contributed by atoms with Gasteiger partial charge in [0.15, 0.2) is 0 Å². The predicted molar refractivity (Wildman–Crippen MR) is 138 cm³/mol. The Morgan fingerprint density at radius 1 is 0.613 bits per heavy atom. The molecule has 0 radical (unpaired) electrons. The SMILES string of the molecule is CCCCCCCCCCCCCCCCC[n+]1ccn(C(C)C)c1CCCCCC. The molecule has 0 bridgehead atoms. The average Bonchev–Trinajstić information content (AvgIpc) is 3.17. The van der Waals surface area contributed by atoms with E-state index in [0.717, 1.165) is 0 Å². The fourth-order valence-corrected chi connectivity index (χ4v) is 4.78. The standard InChI is InChI=1S/C29H57N2/c1-5-7-9-11-12-13-14-15-16-17-18-19-20-21-23-25-30-26-27-31(28(3)4)29(30)24-22-10-8-6-2/h26-28H,5-25H2,1-4H3/q+1. The van der Waals surface area contributed by atoms with Gasteiger partial charge in [-0.1, -0.05) is 117 Å². The Kier molecular flexibility index (Phi) is 18.1. The fraction of sp³-hybridized carbons (Fsp3) is 0.897. The van der Waals surface area contributed by atoms with Gasteiger partial charge in [-0.2, -0.15) is 0 Å². The van der Waals surface area contributed by atoms with E-state index in [2.05, 4.69) is 49.2 Å². The fourth-order valence-electron chi connectivity index (χ4n) is 4.78. The summed E-state index contributed by atoms with van der Waals surface area (Å²) in [5.74, 6) is 1.55. The van der Waals surface area contributed by atoms with Crippen molar-refractivity contribution in [3.63, 3.8) is 0 Å². The Morgan fingerprint density at radius 2 is 1.03 bits per heavy atom. The molecule has 1 aromatic rings. The zero-order valence-electron chi connectivity index (χ0n) is 22.0. The molecular formula is C29H57N2+. The van der Waals surface area contributed by atoms with Crippen LogP contribution in [0, 0.1) is 0 Å². The van der Waals surface area contributed by atoms with E-state index in [9.17, 15) is 0 Å². The van der Waals surface area contributed by atoms with Gasteiger partial charge < -0.3 is 0 Å². The molecule has 1 aromatic heterocycles. The van der Waals surface area contributed by atoms with Gasteiger partial charge in [0.1, 0.15) is 12.4 Å². The lowest BCUT2D eigenvalue weighted by Crippen LogP contribution is -2.37. The average molecular weight is 434 g/mol. The van der Waals surface area contributed by atoms with Crippen LogP contribution in [-0.2, 0) is 13.0 Å². The number of unbranched alkanes of at least 4 members (excludes halogenated alkanes) is 17. The predicted octanol–water partition coefficient (Wildman–Crippen LogP) is 9.35. The minimum atomic E-state index is 0.573. The van der Waals surface area contributed by atoms with E-state index in [1.54, 1.807) is 5.82 Å². The van der Waals surface area contributed by atoms with E-state index in [0.29, 0.717) is 6.04 Å². The van der Waals surface area contributed by atoms with Crippen molar-refractivity contribution in [1.29, 1.82) is 0 Å². The molecule has 1 heterocycles. The number of nitrogens with zero attached hydrogens (tertiary/aromatic N) is 2. The lowest BCUT2D eigenvalue weighted by atomic mass is 10.0. The molecule has 1 rings (SSSR count). The third-order valence-corrected chi connectivity index (χ3v) is 6.85. The van der Waals surface area contributed by atoms with Gasteiger partial charge in [0, 0.05) is 6.42 Å². The summed E-state index contributed by atoms with van der Waals surface area (Å²) in [6, 6.07) is 0.573. The molecule has 0 spiro atoms. The van der Waals surface area contributed by atoms with Crippen LogP contribution in [0.2, 0.25) is 0 Å². The van der Waals surface area contributed by atoms with Crippen molar-refractivity contribution in [2.75, 3.05) is 0 Å². The topological polar surface area (TPSA) is 8.81 Å². The zero-order chi connectivity index (χ0) is 22.6. The minimum absolute atomic E-state index is 0.573. The highest BCUT2D eigenvalue weighted by atomic mass is 15.2. The highest BCUT2D eigenvalue weighted by Gasteiger charge is 2.18. The lowest BCUT2D eigenvalue weighted by molar-refractivity contribution is -0.704. The van der Waals surface area contributed by atoms with E-state index in [1.165, 1.54) is 135 Å². The number of hydrogen-bond donors (Lipinski definition) is 0. The Balaban J connectivity index is 2.05. The van der Waals surface area contributed by atoms with Crippen LogP contribution in [0.5, 0.6) is 0 Å². The third-order valence-electron chi connectivity index (χ3n) is 6.85. The Labute approximate surface area is 196 Å². The van der Waals surface area contributed by atoms with Gasteiger partial charge in [-0.25, -0.2) is 9.13 Å². The normalized spacial score (nSPS) is 11.6. The first-order chi connectivity index (χ1) is 15.2. The van der Waals surface area contributed by atoms with Gasteiger partial charge >= 0.3 is 0 Å². The van der Waals surface area contributed by atoms with E-state index in [4.69, 9.17) is 0 Å². The first kappa shape index (κ1) is 28.2. The van der Waals surface area contributed by atoms with Crippen LogP contribution in [0.15, 0.2) is 12.4 Å². The van der Waals surface area contributed by atoms with Crippen molar-refractivity contribution >= 4 is 0 Å². The smallest absolute Gasteiger partial charge is 0.234 e. The van der Waals surface area contributed by atoms with Crippen molar-refractivity contribution in [3.05, 3.63) is 18.2 Å². The molecule has 31 heavy (non-hydrogen) atoms. The molecule has 0 atom stereocenters. The molecule has 182 valence electrons. The number of hydrogen-bond acceptors (Lipinski definition) is 0. The highest BCUT2D eigenvalue weighted by Crippen LogP contribution is 2.14. The molecule has 0 aliphatic carbocycles. The van der Waals surface area contributed by atoms with Gasteiger partial charge in [-0.05, 0) is 33.1 Å². The first-order valence-electron chi connectivity index (χ1n) is 14.3. The van der Waals surface area contributed by atoms with Gasteiger partial charge in [0.25, 0.3) is 5.82 Å². The van der Waals surface area contributed by atoms with Crippen LogP contribution in [0.4, 0.5) is 0 Å². The van der Waals surface area contributed by atoms with Crippen molar-refractivity contribution in [1.82, 2.24) is 4.57 Å². The van der Waals surface area contributed by atoms with Crippen molar-refractivity contribution in [3.8, 4) is 0 Å². The molecule has 2 nitrogen and oxygen atoms in total. The number of aryl methyl sites for hydroxylation is 1. The summed E-state index contributed by atoms with van der Waals surface area (Å²) in [5, 5.41) is 0. The summed E-state index contributed by atoms with van der Waals surface area (Å²) in [6.45, 7) is 10.4. The second-order valence-electron chi connectivity index (χ2n) is 10.2. The Hall–Kier alpha value is -0.790. The molecule has 0 saturated heterocycles. The first-order valence-corrected chi connectivity index (χ1v) is 14.3. The van der Waals surface area contributed by atoms with Crippen molar-refractivity contribution < 1.29 is 4.57 Å². The summed E-state index contributed by atoms with van der Waals surface area (Å²) < 4.78 is 5.05. The zero-order valence-corrected chi connectivity index (χ0v) is 22.0. The molecule has 2 heteroatoms. The van der Waals surface area contributed by atoms with Crippen LogP contribution in [0.3, 0.4) is 0 Å². The van der Waals surface area contributed by atoms with E-state index >= 15 is 0 Å². The molecular weight excluding hydrogens is 376 g/mol. The summed E-state index contributed by atoms with van der Waals surface area (Å²) in [5.41, 5.74) is 0. The van der Waals surface area contributed by atoms with Crippen LogP contribution < -0.4 is 4.57 Å². The number of rotatable bonds is 22. The monoisotopic (exact) mass is 433 g/mol. The van der Waals surface area contributed by atoms with E-state index in [-0.39, 0.29) is 0 Å². The largest absolute Gasteiger partial charge is 0.256 e. The minimum Gasteiger partial charge on any atom is -0.234 e. The second kappa shape index (κ2) is 19.9. The van der Waals surface area contributed by atoms with Crippen LogP contribution in [-0.4, -0.2) is 4.57 Å². The van der Waals surface area contributed by atoms with Crippen molar-refractivity contribution in [2.45, 2.75) is 169 Å². The van der Waals surface area contributed by atoms with Gasteiger partial charge in [-0.3, -0.25) is 0 Å². The highest BCUT2D eigenvalue weighted by molar-refractivity contribution is 4.86. The summed E-state index contributed by atoms with van der Waals surface area (Å²) in [6.07, 6.45) is 32.9. The Bertz CT molecular complexity index is 503. The maximum atomic E-state index is 2.55. The van der Waals surface area contributed by atoms with E-state index in [1.807, 2.05) is 0 Å². The maximum Gasteiger partial charge on any atom is 0.256 e. The van der Waals surface area contributed by atoms with E-state index < -0.39 is 0 Å².